The van der Waals surface area contributed by atoms with Crippen molar-refractivity contribution < 1.29 is 0 Å². The Morgan fingerprint density at radius 1 is 1.00 bits per heavy atom. The summed E-state index contributed by atoms with van der Waals surface area (Å²) in [6.45, 7) is 1.92. The molecule has 1 aliphatic rings. The quantitative estimate of drug-likeness (QED) is 0.522. The van der Waals surface area contributed by atoms with Crippen molar-refractivity contribution in [2.45, 2.75) is 13.0 Å². The van der Waals surface area contributed by atoms with Gasteiger partial charge in [-0.1, -0.05) is 30.3 Å². The first-order valence-electron chi connectivity index (χ1n) is 8.33. The van der Waals surface area contributed by atoms with Crippen LogP contribution in [0.15, 0.2) is 54.7 Å². The molecule has 0 bridgehead atoms. The molecule has 2 aromatic heterocycles. The van der Waals surface area contributed by atoms with E-state index in [-0.39, 0.29) is 0 Å². The molecule has 1 aliphatic heterocycles. The highest BCUT2D eigenvalue weighted by Gasteiger charge is 2.18. The van der Waals surface area contributed by atoms with Gasteiger partial charge in [-0.05, 0) is 34.5 Å². The highest BCUT2D eigenvalue weighted by atomic mass is 15.0. The number of aromatic amines is 1. The van der Waals surface area contributed by atoms with Crippen molar-refractivity contribution in [1.29, 1.82) is 0 Å². The standard InChI is InChI=1S/C20H18N4/c1-2-4-14-11-15(6-5-13(14)3-1)23-18-8-10-22-20-19(18)16-12-21-9-7-17(16)24-20/h1-6,8,10-11,21H,7,9,12H2,(H2,22,23,24). The third kappa shape index (κ3) is 2.15. The topological polar surface area (TPSA) is 52.7 Å². The molecule has 3 heterocycles. The molecule has 5 rings (SSSR count). The van der Waals surface area contributed by atoms with Crippen molar-refractivity contribution in [3.05, 3.63) is 66.0 Å². The zero-order valence-corrected chi connectivity index (χ0v) is 13.3. The maximum absolute atomic E-state index is 4.52. The molecule has 0 aliphatic carbocycles. The number of aromatic nitrogens is 2. The SMILES string of the molecule is c1ccc2cc(Nc3ccnc4[nH]c5c(c34)CNCC5)ccc2c1. The summed E-state index contributed by atoms with van der Waals surface area (Å²) in [5.74, 6) is 0. The van der Waals surface area contributed by atoms with E-state index in [2.05, 4.69) is 69.1 Å². The Morgan fingerprint density at radius 3 is 2.88 bits per heavy atom. The minimum atomic E-state index is 0.896. The number of fused-ring (bicyclic) bond motifs is 4. The molecule has 3 N–H and O–H groups in total. The van der Waals surface area contributed by atoms with Crippen LogP contribution in [0.5, 0.6) is 0 Å². The second kappa shape index (κ2) is 5.35. The molecule has 2 aromatic carbocycles. The van der Waals surface area contributed by atoms with Crippen LogP contribution in [0.4, 0.5) is 11.4 Å². The Hall–Kier alpha value is -2.85. The van der Waals surface area contributed by atoms with Crippen molar-refractivity contribution in [3.8, 4) is 0 Å². The van der Waals surface area contributed by atoms with Gasteiger partial charge in [0.15, 0.2) is 0 Å². The number of benzene rings is 2. The Labute approximate surface area is 139 Å². The maximum Gasteiger partial charge on any atom is 0.139 e. The molecule has 4 nitrogen and oxygen atoms in total. The van der Waals surface area contributed by atoms with Crippen LogP contribution in [0, 0.1) is 0 Å². The molecule has 0 atom stereocenters. The third-order valence-electron chi connectivity index (χ3n) is 4.77. The van der Waals surface area contributed by atoms with E-state index in [0.717, 1.165) is 36.5 Å². The minimum absolute atomic E-state index is 0.896. The highest BCUT2D eigenvalue weighted by Crippen LogP contribution is 2.32. The summed E-state index contributed by atoms with van der Waals surface area (Å²) in [6.07, 6.45) is 2.89. The van der Waals surface area contributed by atoms with Gasteiger partial charge < -0.3 is 15.6 Å². The van der Waals surface area contributed by atoms with Crippen molar-refractivity contribution in [1.82, 2.24) is 15.3 Å². The third-order valence-corrected chi connectivity index (χ3v) is 4.77. The second-order valence-corrected chi connectivity index (χ2v) is 6.28. The second-order valence-electron chi connectivity index (χ2n) is 6.28. The van der Waals surface area contributed by atoms with Gasteiger partial charge in [0.2, 0.25) is 0 Å². The number of nitrogens with zero attached hydrogens (tertiary/aromatic N) is 1. The predicted octanol–water partition coefficient (Wildman–Crippen LogP) is 4.11. The van der Waals surface area contributed by atoms with Crippen LogP contribution in [-0.2, 0) is 13.0 Å². The average Bonchev–Trinajstić information content (AvgIpc) is 3.01. The number of anilines is 2. The van der Waals surface area contributed by atoms with Gasteiger partial charge in [-0.15, -0.1) is 0 Å². The van der Waals surface area contributed by atoms with Gasteiger partial charge in [-0.3, -0.25) is 0 Å². The lowest BCUT2D eigenvalue weighted by Crippen LogP contribution is -2.23. The van der Waals surface area contributed by atoms with E-state index in [1.807, 2.05) is 6.20 Å². The van der Waals surface area contributed by atoms with Crippen LogP contribution >= 0.6 is 0 Å². The van der Waals surface area contributed by atoms with Gasteiger partial charge in [-0.25, -0.2) is 4.98 Å². The molecule has 0 saturated carbocycles. The lowest BCUT2D eigenvalue weighted by Gasteiger charge is -2.14. The zero-order chi connectivity index (χ0) is 15.9. The van der Waals surface area contributed by atoms with E-state index in [0.29, 0.717) is 0 Å². The molecule has 0 radical (unpaired) electrons. The Morgan fingerprint density at radius 2 is 1.92 bits per heavy atom. The van der Waals surface area contributed by atoms with E-state index in [1.165, 1.54) is 27.4 Å². The van der Waals surface area contributed by atoms with E-state index >= 15 is 0 Å². The van der Waals surface area contributed by atoms with E-state index in [9.17, 15) is 0 Å². The number of H-pyrrole nitrogens is 1. The summed E-state index contributed by atoms with van der Waals surface area (Å²) < 4.78 is 0. The summed E-state index contributed by atoms with van der Waals surface area (Å²) in [5, 5.41) is 10.7. The molecule has 4 aromatic rings. The largest absolute Gasteiger partial charge is 0.355 e. The predicted molar refractivity (Wildman–Crippen MR) is 98.7 cm³/mol. The van der Waals surface area contributed by atoms with Crippen LogP contribution in [0.3, 0.4) is 0 Å². The summed E-state index contributed by atoms with van der Waals surface area (Å²) in [4.78, 5) is 8.00. The molecule has 0 fully saturated rings. The molecule has 24 heavy (non-hydrogen) atoms. The molecule has 0 spiro atoms. The molecule has 0 unspecified atom stereocenters. The molecule has 0 amide bonds. The Kier molecular flexibility index (Phi) is 3.03. The van der Waals surface area contributed by atoms with Gasteiger partial charge in [0.25, 0.3) is 0 Å². The molecule has 118 valence electrons. The van der Waals surface area contributed by atoms with Gasteiger partial charge in [0.05, 0.1) is 5.69 Å². The number of nitrogens with one attached hydrogen (secondary N) is 3. The highest BCUT2D eigenvalue weighted by molar-refractivity contribution is 5.96. The van der Waals surface area contributed by atoms with Gasteiger partial charge >= 0.3 is 0 Å². The van der Waals surface area contributed by atoms with Gasteiger partial charge in [0, 0.05) is 42.5 Å². The minimum Gasteiger partial charge on any atom is -0.355 e. The smallest absolute Gasteiger partial charge is 0.139 e. The van der Waals surface area contributed by atoms with E-state index in [4.69, 9.17) is 0 Å². The number of rotatable bonds is 2. The zero-order valence-electron chi connectivity index (χ0n) is 13.3. The summed E-state index contributed by atoms with van der Waals surface area (Å²) in [5.41, 5.74) is 5.82. The van der Waals surface area contributed by atoms with Gasteiger partial charge in [0.1, 0.15) is 5.65 Å². The summed E-state index contributed by atoms with van der Waals surface area (Å²) >= 11 is 0. The normalized spacial score (nSPS) is 14.0. The van der Waals surface area contributed by atoms with Crippen LogP contribution in [0.25, 0.3) is 21.8 Å². The van der Waals surface area contributed by atoms with Crippen LogP contribution in [0.1, 0.15) is 11.3 Å². The first-order valence-corrected chi connectivity index (χ1v) is 8.33. The molecular formula is C20H18N4. The van der Waals surface area contributed by atoms with E-state index < -0.39 is 0 Å². The fraction of sp³-hybridized carbons (Fsp3) is 0.150. The number of hydrogen-bond donors (Lipinski definition) is 3. The number of hydrogen-bond acceptors (Lipinski definition) is 3. The first-order chi connectivity index (χ1) is 11.9. The fourth-order valence-corrected chi connectivity index (χ4v) is 3.59. The van der Waals surface area contributed by atoms with Crippen molar-refractivity contribution in [3.63, 3.8) is 0 Å². The maximum atomic E-state index is 4.52. The summed E-state index contributed by atoms with van der Waals surface area (Å²) in [7, 11) is 0. The van der Waals surface area contributed by atoms with Gasteiger partial charge in [-0.2, -0.15) is 0 Å². The van der Waals surface area contributed by atoms with Crippen molar-refractivity contribution in [2.24, 2.45) is 0 Å². The lowest BCUT2D eigenvalue weighted by molar-refractivity contribution is 0.641. The van der Waals surface area contributed by atoms with Crippen molar-refractivity contribution >= 4 is 33.2 Å². The summed E-state index contributed by atoms with van der Waals surface area (Å²) in [6, 6.07) is 17.0. The van der Waals surface area contributed by atoms with Crippen LogP contribution in [0.2, 0.25) is 0 Å². The Bertz CT molecular complexity index is 1050. The molecular weight excluding hydrogens is 296 g/mol. The molecule has 4 heteroatoms. The first kappa shape index (κ1) is 13.6. The monoisotopic (exact) mass is 314 g/mol. The Balaban J connectivity index is 1.62. The lowest BCUT2D eigenvalue weighted by atomic mass is 10.1. The van der Waals surface area contributed by atoms with Crippen LogP contribution in [-0.4, -0.2) is 16.5 Å². The molecule has 0 saturated heterocycles. The van der Waals surface area contributed by atoms with Crippen LogP contribution < -0.4 is 10.6 Å². The average molecular weight is 314 g/mol. The van der Waals surface area contributed by atoms with Crippen molar-refractivity contribution in [2.75, 3.05) is 11.9 Å². The fourth-order valence-electron chi connectivity index (χ4n) is 3.59. The number of pyridine rings is 1. The van der Waals surface area contributed by atoms with E-state index in [1.54, 1.807) is 0 Å².